The van der Waals surface area contributed by atoms with Crippen molar-refractivity contribution in [3.05, 3.63) is 44.1 Å². The lowest BCUT2D eigenvalue weighted by Crippen LogP contribution is -2.24. The number of hydrogen-bond donors (Lipinski definition) is 0. The van der Waals surface area contributed by atoms with Gasteiger partial charge in [0, 0.05) is 0 Å². The quantitative estimate of drug-likeness (QED) is 0.662. The summed E-state index contributed by atoms with van der Waals surface area (Å²) in [5.74, 6) is 0. The molecule has 0 saturated heterocycles. The van der Waals surface area contributed by atoms with Gasteiger partial charge in [-0.15, -0.1) is 0 Å². The van der Waals surface area contributed by atoms with Gasteiger partial charge < -0.3 is 0 Å². The molecule has 0 amide bonds. The maximum atomic E-state index is 12.5. The standard InChI is InChI=1S/C16H20O8/c1-15(2,3)10-8-7-9-11(12(10)16(4,5)6)14(18)20-22-24-23-21-19-13(9)17/h7-8H,1-6H3. The SMILES string of the molecule is CC(C)(C)c1ccc2c(=O)ooooooc(=O)c2c1C(C)(C)C. The van der Waals surface area contributed by atoms with E-state index in [1.807, 2.05) is 41.5 Å². The van der Waals surface area contributed by atoms with E-state index >= 15 is 0 Å². The molecular formula is C16H20O8. The lowest BCUT2D eigenvalue weighted by Gasteiger charge is -2.30. The number of fused-ring (bicyclic) bond motifs is 1. The van der Waals surface area contributed by atoms with Gasteiger partial charge in [0.2, 0.25) is 0 Å². The lowest BCUT2D eigenvalue weighted by molar-refractivity contribution is -0.416. The van der Waals surface area contributed by atoms with Crippen LogP contribution in [0.1, 0.15) is 52.7 Å². The van der Waals surface area contributed by atoms with Crippen LogP contribution in [0.3, 0.4) is 0 Å². The molecule has 0 saturated carbocycles. The molecule has 0 N–H and O–H groups in total. The first kappa shape index (κ1) is 17.7. The molecule has 1 aromatic carbocycles. The highest BCUT2D eigenvalue weighted by molar-refractivity contribution is 5.85. The van der Waals surface area contributed by atoms with Crippen LogP contribution < -0.4 is 11.3 Å². The summed E-state index contributed by atoms with van der Waals surface area (Å²) in [6.45, 7) is 11.8. The van der Waals surface area contributed by atoms with Gasteiger partial charge in [-0.3, -0.25) is 0 Å². The van der Waals surface area contributed by atoms with E-state index in [0.717, 1.165) is 5.56 Å². The maximum Gasteiger partial charge on any atom is 0.391 e. The largest absolute Gasteiger partial charge is 0.391 e. The van der Waals surface area contributed by atoms with Crippen LogP contribution >= 0.6 is 0 Å². The third-order valence-corrected chi connectivity index (χ3v) is 3.49. The average molecular weight is 340 g/mol. The van der Waals surface area contributed by atoms with Gasteiger partial charge in [0.15, 0.2) is 0 Å². The van der Waals surface area contributed by atoms with Gasteiger partial charge in [-0.1, -0.05) is 47.6 Å². The second-order valence-electron chi connectivity index (χ2n) is 7.42. The van der Waals surface area contributed by atoms with Crippen molar-refractivity contribution in [1.29, 1.82) is 0 Å². The highest BCUT2D eigenvalue weighted by Gasteiger charge is 2.29. The molecule has 0 fully saturated rings. The van der Waals surface area contributed by atoms with Crippen molar-refractivity contribution >= 4 is 10.8 Å². The molecule has 0 atom stereocenters. The van der Waals surface area contributed by atoms with Crippen molar-refractivity contribution in [2.24, 2.45) is 0 Å². The molecule has 132 valence electrons. The van der Waals surface area contributed by atoms with Crippen LogP contribution in [0.4, 0.5) is 0 Å². The van der Waals surface area contributed by atoms with E-state index < -0.39 is 16.7 Å². The molecule has 0 spiro atoms. The van der Waals surface area contributed by atoms with Gasteiger partial charge in [0.25, 0.3) is 0 Å². The Morgan fingerprint density at radius 2 is 1.25 bits per heavy atom. The Labute approximate surface area is 136 Å². The van der Waals surface area contributed by atoms with E-state index in [1.165, 1.54) is 6.07 Å². The molecule has 8 nitrogen and oxygen atoms in total. The average Bonchev–Trinajstić information content (AvgIpc) is 2.46. The summed E-state index contributed by atoms with van der Waals surface area (Å²) >= 11 is 0. The molecule has 8 heteroatoms. The van der Waals surface area contributed by atoms with E-state index in [9.17, 15) is 9.59 Å². The van der Waals surface area contributed by atoms with E-state index in [4.69, 9.17) is 0 Å². The highest BCUT2D eigenvalue weighted by atomic mass is 17.5. The first-order valence-electron chi connectivity index (χ1n) is 7.31. The zero-order valence-corrected chi connectivity index (χ0v) is 14.4. The molecule has 2 aromatic rings. The molecule has 1 heterocycles. The summed E-state index contributed by atoms with van der Waals surface area (Å²) < 4.78 is 24.9. The Kier molecular flexibility index (Phi) is 4.50. The second-order valence-corrected chi connectivity index (χ2v) is 7.42. The minimum atomic E-state index is -0.932. The minimum absolute atomic E-state index is 0.0222. The molecule has 0 aliphatic heterocycles. The van der Waals surface area contributed by atoms with E-state index in [1.54, 1.807) is 6.07 Å². The van der Waals surface area contributed by atoms with Gasteiger partial charge in [-0.25, -0.2) is 18.7 Å². The van der Waals surface area contributed by atoms with Crippen molar-refractivity contribution in [1.82, 2.24) is 0 Å². The minimum Gasteiger partial charge on any atom is -0.241 e. The third-order valence-electron chi connectivity index (χ3n) is 3.49. The topological polar surface area (TPSA) is 113 Å². The predicted octanol–water partition coefficient (Wildman–Crippen LogP) is 3.96. The molecule has 1 aromatic heterocycles. The zero-order chi connectivity index (χ0) is 18.1. The molecule has 24 heavy (non-hydrogen) atoms. The monoisotopic (exact) mass is 340 g/mol. The van der Waals surface area contributed by atoms with Gasteiger partial charge in [-0.05, 0) is 47.0 Å². The maximum absolute atomic E-state index is 12.5. The summed E-state index contributed by atoms with van der Waals surface area (Å²) in [5, 5.41) is -0.0129. The van der Waals surface area contributed by atoms with Crippen molar-refractivity contribution in [2.75, 3.05) is 0 Å². The van der Waals surface area contributed by atoms with Gasteiger partial charge in [-0.2, -0.15) is 0 Å². The molecule has 0 radical (unpaired) electrons. The fourth-order valence-electron chi connectivity index (χ4n) is 2.59. The summed E-state index contributed by atoms with van der Waals surface area (Å²) in [6.07, 6.45) is 0. The Morgan fingerprint density at radius 3 is 1.75 bits per heavy atom. The third kappa shape index (κ3) is 3.47. The molecule has 0 aliphatic carbocycles. The van der Waals surface area contributed by atoms with Crippen LogP contribution in [-0.4, -0.2) is 0 Å². The van der Waals surface area contributed by atoms with E-state index in [0.29, 0.717) is 5.56 Å². The molecular weight excluding hydrogens is 320 g/mol. The van der Waals surface area contributed by atoms with E-state index in [2.05, 4.69) is 28.1 Å². The number of hydrogen-bond acceptors (Lipinski definition) is 8. The van der Waals surface area contributed by atoms with Crippen LogP contribution in [0.25, 0.3) is 10.8 Å². The summed E-state index contributed by atoms with van der Waals surface area (Å²) in [7, 11) is 0. The van der Waals surface area contributed by atoms with Crippen molar-refractivity contribution in [2.45, 2.75) is 52.4 Å². The fourth-order valence-corrected chi connectivity index (χ4v) is 2.59. The van der Waals surface area contributed by atoms with Crippen LogP contribution in [0.15, 0.2) is 49.8 Å². The van der Waals surface area contributed by atoms with Gasteiger partial charge in [0.05, 0.1) is 10.8 Å². The lowest BCUT2D eigenvalue weighted by atomic mass is 9.73. The van der Waals surface area contributed by atoms with E-state index in [-0.39, 0.29) is 16.2 Å². The molecule has 2 rings (SSSR count). The molecule has 0 aliphatic rings. The second kappa shape index (κ2) is 6.10. The Morgan fingerprint density at radius 1 is 0.708 bits per heavy atom. The summed E-state index contributed by atoms with van der Waals surface area (Å²) in [4.78, 5) is 24.7. The van der Waals surface area contributed by atoms with Crippen molar-refractivity contribution in [3.8, 4) is 0 Å². The van der Waals surface area contributed by atoms with Gasteiger partial charge >= 0.3 is 11.3 Å². The first-order valence-corrected chi connectivity index (χ1v) is 7.31. The first-order chi connectivity index (χ1) is 11.0. The Bertz CT molecular complexity index is 924. The van der Waals surface area contributed by atoms with Crippen LogP contribution in [-0.2, 0) is 10.8 Å². The van der Waals surface area contributed by atoms with Crippen LogP contribution in [0.2, 0.25) is 0 Å². The molecule has 0 bridgehead atoms. The fraction of sp³-hybridized carbons (Fsp3) is 0.500. The van der Waals surface area contributed by atoms with Gasteiger partial charge in [0.1, 0.15) is 0 Å². The number of rotatable bonds is 0. The predicted molar refractivity (Wildman–Crippen MR) is 82.7 cm³/mol. The Hall–Kier alpha value is -2.64. The number of benzene rings is 1. The normalized spacial score (nSPS) is 12.1. The van der Waals surface area contributed by atoms with Crippen LogP contribution in [0, 0.1) is 0 Å². The summed E-state index contributed by atoms with van der Waals surface area (Å²) in [6, 6.07) is 3.25. The highest BCUT2D eigenvalue weighted by Crippen LogP contribution is 2.36. The van der Waals surface area contributed by atoms with Crippen molar-refractivity contribution in [3.63, 3.8) is 0 Å². The smallest absolute Gasteiger partial charge is 0.241 e. The summed E-state index contributed by atoms with van der Waals surface area (Å²) in [5.41, 5.74) is -1.08. The van der Waals surface area contributed by atoms with Crippen molar-refractivity contribution < 1.29 is 28.1 Å². The molecule has 0 unspecified atom stereocenters. The Balaban J connectivity index is 3.25. The van der Waals surface area contributed by atoms with Crippen LogP contribution in [0.5, 0.6) is 0 Å². The zero-order valence-electron chi connectivity index (χ0n) is 14.4.